The maximum atomic E-state index is 12.7. The third kappa shape index (κ3) is 28.2. The lowest BCUT2D eigenvalue weighted by Crippen LogP contribution is -2.37. The van der Waals surface area contributed by atoms with E-state index in [2.05, 4.69) is 24.1 Å². The number of hydrogen-bond acceptors (Lipinski definition) is 10. The Morgan fingerprint density at radius 3 is 1.60 bits per heavy atom. The van der Waals surface area contributed by atoms with Crippen LogP contribution in [0.4, 0.5) is 0 Å². The van der Waals surface area contributed by atoms with Gasteiger partial charge in [-0.05, 0) is 32.1 Å². The molecule has 1 rings (SSSR count). The van der Waals surface area contributed by atoms with E-state index in [0.29, 0.717) is 23.9 Å². The van der Waals surface area contributed by atoms with Crippen LogP contribution in [0.3, 0.4) is 0 Å². The molecule has 1 unspecified atom stereocenters. The highest BCUT2D eigenvalue weighted by atomic mass is 31.2. The average Bonchev–Trinajstić information content (AvgIpc) is 3.82. The van der Waals surface area contributed by atoms with Crippen molar-refractivity contribution in [1.82, 2.24) is 0 Å². The van der Waals surface area contributed by atoms with Gasteiger partial charge in [-0.1, -0.05) is 129 Å². The number of rotatable bonds is 36. The number of nitrogens with zero attached hydrogens (tertiary/aromatic N) is 3. The van der Waals surface area contributed by atoms with E-state index in [1.165, 1.54) is 103 Å². The Balaban J connectivity index is 2.39. The molecule has 294 valence electrons. The van der Waals surface area contributed by atoms with Crippen molar-refractivity contribution in [3.8, 4) is 0 Å². The maximum absolute atomic E-state index is 12.7. The summed E-state index contributed by atoms with van der Waals surface area (Å²) in [5, 5.41) is 8.53. The second kappa shape index (κ2) is 28.2. The molecule has 0 saturated heterocycles. The Labute approximate surface area is 305 Å². The Kier molecular flexibility index (Phi) is 26.3. The second-order valence-electron chi connectivity index (χ2n) is 15.3. The van der Waals surface area contributed by atoms with E-state index in [0.717, 1.165) is 32.1 Å². The van der Waals surface area contributed by atoms with Crippen molar-refractivity contribution in [2.45, 2.75) is 186 Å². The highest BCUT2D eigenvalue weighted by Crippen LogP contribution is 2.39. The summed E-state index contributed by atoms with van der Waals surface area (Å²) < 4.78 is 33.9. The van der Waals surface area contributed by atoms with Crippen molar-refractivity contribution in [2.24, 2.45) is 10.2 Å². The molecule has 0 saturated carbocycles. The molecule has 1 heterocycles. The van der Waals surface area contributed by atoms with Crippen LogP contribution in [0.15, 0.2) is 10.2 Å². The average molecular weight is 732 g/mol. The lowest BCUT2D eigenvalue weighted by molar-refractivity contribution is -0.870. The summed E-state index contributed by atoms with van der Waals surface area (Å²) in [6, 6.07) is 0. The fourth-order valence-electron chi connectivity index (χ4n) is 5.82. The number of likely N-dealkylation sites (N-methyl/N-ethyl adjacent to an activating group) is 1. The van der Waals surface area contributed by atoms with Gasteiger partial charge in [-0.3, -0.25) is 14.2 Å². The van der Waals surface area contributed by atoms with Gasteiger partial charge < -0.3 is 27.9 Å². The van der Waals surface area contributed by atoms with Crippen LogP contribution in [0.5, 0.6) is 0 Å². The monoisotopic (exact) mass is 732 g/mol. The number of ether oxygens (including phenoxy) is 2. The van der Waals surface area contributed by atoms with E-state index in [9.17, 15) is 19.0 Å². The summed E-state index contributed by atoms with van der Waals surface area (Å²) in [6.07, 6.45) is 25.8. The summed E-state index contributed by atoms with van der Waals surface area (Å²) in [5.41, 5.74) is -0.367. The van der Waals surface area contributed by atoms with Gasteiger partial charge in [0, 0.05) is 12.8 Å². The molecule has 0 N–H and O–H groups in total. The Bertz CT molecular complexity index is 953. The van der Waals surface area contributed by atoms with E-state index in [-0.39, 0.29) is 31.7 Å². The number of unbranched alkanes of at least 4 members (excludes halogenated alkanes) is 18. The molecule has 0 spiro atoms. The molecule has 0 aliphatic carbocycles. The molecule has 0 fully saturated rings. The first-order valence-electron chi connectivity index (χ1n) is 20.1. The van der Waals surface area contributed by atoms with Crippen LogP contribution in [0.2, 0.25) is 0 Å². The minimum absolute atomic E-state index is 0.0421. The molecule has 11 nitrogen and oxygen atoms in total. The van der Waals surface area contributed by atoms with Crippen LogP contribution in [0.25, 0.3) is 0 Å². The van der Waals surface area contributed by atoms with E-state index >= 15 is 0 Å². The molecule has 0 radical (unpaired) electrons. The highest BCUT2D eigenvalue weighted by Gasteiger charge is 2.38. The molecular weight excluding hydrogens is 657 g/mol. The quantitative estimate of drug-likeness (QED) is 0.0269. The number of quaternary nitrogens is 1. The number of esters is 2. The van der Waals surface area contributed by atoms with Gasteiger partial charge in [-0.25, -0.2) is 0 Å². The highest BCUT2D eigenvalue weighted by molar-refractivity contribution is 7.45. The number of carbonyl (C=O) groups is 2. The molecule has 1 aliphatic rings. The van der Waals surface area contributed by atoms with Gasteiger partial charge in [0.05, 0.1) is 27.7 Å². The van der Waals surface area contributed by atoms with E-state index in [1.54, 1.807) is 0 Å². The Morgan fingerprint density at radius 1 is 0.640 bits per heavy atom. The van der Waals surface area contributed by atoms with Crippen LogP contribution in [0, 0.1) is 0 Å². The third-order valence-electron chi connectivity index (χ3n) is 9.16. The molecule has 12 heteroatoms. The zero-order chi connectivity index (χ0) is 37.0. The molecule has 0 bridgehead atoms. The number of phosphoric acid groups is 1. The van der Waals surface area contributed by atoms with Crippen LogP contribution in [0.1, 0.15) is 174 Å². The van der Waals surface area contributed by atoms with Crippen LogP contribution in [-0.4, -0.2) is 75.7 Å². The summed E-state index contributed by atoms with van der Waals surface area (Å²) in [4.78, 5) is 37.6. The lowest BCUT2D eigenvalue weighted by atomic mass is 9.98. The topological polar surface area (TPSA) is 136 Å². The Morgan fingerprint density at radius 2 is 1.10 bits per heavy atom. The third-order valence-corrected chi connectivity index (χ3v) is 10.1. The lowest BCUT2D eigenvalue weighted by Gasteiger charge is -2.28. The second-order valence-corrected chi connectivity index (χ2v) is 16.7. The largest absolute Gasteiger partial charge is 0.756 e. The Hall–Kier alpha value is -1.39. The van der Waals surface area contributed by atoms with Gasteiger partial charge in [-0.15, -0.1) is 0 Å². The summed E-state index contributed by atoms with van der Waals surface area (Å²) in [6.45, 7) is 4.11. The van der Waals surface area contributed by atoms with Crippen molar-refractivity contribution < 1.29 is 42.1 Å². The van der Waals surface area contributed by atoms with Gasteiger partial charge in [-0.2, -0.15) is 10.2 Å². The van der Waals surface area contributed by atoms with Gasteiger partial charge in [0.25, 0.3) is 7.82 Å². The van der Waals surface area contributed by atoms with Crippen LogP contribution >= 0.6 is 7.82 Å². The number of phosphoric ester groups is 1. The molecular formula is C38H74N3O8P. The van der Waals surface area contributed by atoms with Gasteiger partial charge in [0.1, 0.15) is 19.8 Å². The summed E-state index contributed by atoms with van der Waals surface area (Å²) in [5.74, 6) is -0.910. The van der Waals surface area contributed by atoms with E-state index in [4.69, 9.17) is 18.5 Å². The molecule has 2 atom stereocenters. The molecule has 0 aromatic heterocycles. The zero-order valence-corrected chi connectivity index (χ0v) is 33.5. The van der Waals surface area contributed by atoms with Crippen LogP contribution < -0.4 is 4.89 Å². The van der Waals surface area contributed by atoms with Gasteiger partial charge in [0.2, 0.25) is 0 Å². The summed E-state index contributed by atoms with van der Waals surface area (Å²) in [7, 11) is 1.12. The predicted octanol–water partition coefficient (Wildman–Crippen LogP) is 9.60. The number of hydrogen-bond donors (Lipinski definition) is 0. The molecule has 0 aromatic rings. The van der Waals surface area contributed by atoms with Gasteiger partial charge in [0.15, 0.2) is 11.8 Å². The molecule has 0 amide bonds. The van der Waals surface area contributed by atoms with Crippen molar-refractivity contribution in [2.75, 3.05) is 47.5 Å². The van der Waals surface area contributed by atoms with Crippen LogP contribution in [-0.2, 0) is 32.7 Å². The fourth-order valence-corrected chi connectivity index (χ4v) is 6.55. The molecule has 50 heavy (non-hydrogen) atoms. The normalized spacial score (nSPS) is 15.5. The first-order valence-corrected chi connectivity index (χ1v) is 21.6. The fraction of sp³-hybridized carbons (Fsp3) is 0.947. The first kappa shape index (κ1) is 46.6. The molecule has 0 aromatic carbocycles. The standard InChI is InChI=1S/C38H74N3O8P/c1-6-8-10-12-14-15-16-17-18-19-20-22-24-27-36(42)46-33-35(34-48-50(44,45)47-32-31-41(3,4)5)49-37(43)28-26-30-38(39-40-38)29-25-23-21-13-11-9-7-2/h35H,6-34H2,1-5H3/t35-/m1/s1. The van der Waals surface area contributed by atoms with E-state index in [1.807, 2.05) is 21.1 Å². The van der Waals surface area contributed by atoms with Gasteiger partial charge >= 0.3 is 11.9 Å². The predicted molar refractivity (Wildman–Crippen MR) is 198 cm³/mol. The van der Waals surface area contributed by atoms with Crippen molar-refractivity contribution >= 4 is 19.8 Å². The van der Waals surface area contributed by atoms with Crippen molar-refractivity contribution in [3.05, 3.63) is 0 Å². The zero-order valence-electron chi connectivity index (χ0n) is 32.6. The number of carbonyl (C=O) groups excluding carboxylic acids is 2. The SMILES string of the molecule is CCCCCCCCCCCCCCCC(=O)OC[C@H](COP(=O)([O-])OCC[N+](C)(C)C)OC(=O)CCCC1(CCCCCCCCC)N=N1. The smallest absolute Gasteiger partial charge is 0.306 e. The van der Waals surface area contributed by atoms with E-state index < -0.39 is 32.5 Å². The first-order chi connectivity index (χ1) is 23.9. The minimum Gasteiger partial charge on any atom is -0.756 e. The maximum Gasteiger partial charge on any atom is 0.306 e. The summed E-state index contributed by atoms with van der Waals surface area (Å²) >= 11 is 0. The van der Waals surface area contributed by atoms with Crippen molar-refractivity contribution in [1.29, 1.82) is 0 Å². The van der Waals surface area contributed by atoms with Crippen molar-refractivity contribution in [3.63, 3.8) is 0 Å². The molecule has 1 aliphatic heterocycles. The minimum atomic E-state index is -4.64.